The van der Waals surface area contributed by atoms with Gasteiger partial charge < -0.3 is 9.80 Å². The van der Waals surface area contributed by atoms with Gasteiger partial charge in [-0.15, -0.1) is 0 Å². The number of hydrogen-bond donors (Lipinski definition) is 1. The summed E-state index contributed by atoms with van der Waals surface area (Å²) in [5, 5.41) is 0. The summed E-state index contributed by atoms with van der Waals surface area (Å²) in [4.78, 5) is 15.8. The van der Waals surface area contributed by atoms with Gasteiger partial charge >= 0.3 is 0 Å². The van der Waals surface area contributed by atoms with Crippen LogP contribution < -0.4 is 9.62 Å². The molecule has 1 heterocycles. The van der Waals surface area contributed by atoms with Gasteiger partial charge in [0.1, 0.15) is 4.90 Å². The molecule has 2 rings (SSSR count). The van der Waals surface area contributed by atoms with E-state index in [0.717, 1.165) is 0 Å². The lowest BCUT2D eigenvalue weighted by molar-refractivity contribution is -0.131. The predicted octanol–water partition coefficient (Wildman–Crippen LogP) is 0.653. The summed E-state index contributed by atoms with van der Waals surface area (Å²) in [5.41, 5.74) is 0.690. The van der Waals surface area contributed by atoms with Crippen molar-refractivity contribution in [3.63, 3.8) is 0 Å². The molecule has 1 aliphatic heterocycles. The first-order valence-electron chi connectivity index (χ1n) is 7.05. The van der Waals surface area contributed by atoms with Gasteiger partial charge in [-0.3, -0.25) is 4.79 Å². The zero-order valence-electron chi connectivity index (χ0n) is 12.4. The molecule has 1 amide bonds. The van der Waals surface area contributed by atoms with E-state index in [4.69, 9.17) is 0 Å². The highest BCUT2D eigenvalue weighted by Crippen LogP contribution is 2.25. The van der Waals surface area contributed by atoms with Crippen molar-refractivity contribution in [3.8, 4) is 0 Å². The maximum absolute atomic E-state index is 12.1. The van der Waals surface area contributed by atoms with Crippen LogP contribution in [0.1, 0.15) is 13.3 Å². The highest BCUT2D eigenvalue weighted by Gasteiger charge is 2.24. The number of sulfonamides is 1. The van der Waals surface area contributed by atoms with Crippen molar-refractivity contribution >= 4 is 21.6 Å². The first-order valence-corrected chi connectivity index (χ1v) is 8.53. The van der Waals surface area contributed by atoms with Crippen molar-refractivity contribution in [3.05, 3.63) is 24.3 Å². The number of nitrogens with zero attached hydrogens (tertiary/aromatic N) is 2. The molecule has 116 valence electrons. The number of para-hydroxylation sites is 1. The molecule has 1 aromatic rings. The fourth-order valence-electron chi connectivity index (χ4n) is 2.48. The lowest BCUT2D eigenvalue weighted by Gasteiger charge is -2.36. The van der Waals surface area contributed by atoms with Crippen LogP contribution in [0.25, 0.3) is 0 Å². The van der Waals surface area contributed by atoms with Gasteiger partial charge in [-0.2, -0.15) is 0 Å². The third-order valence-corrected chi connectivity index (χ3v) is 5.16. The fraction of sp³-hybridized carbons (Fsp3) is 0.500. The Hall–Kier alpha value is -1.60. The van der Waals surface area contributed by atoms with E-state index in [9.17, 15) is 13.2 Å². The Balaban J connectivity index is 2.20. The number of piperazine rings is 1. The fourth-order valence-corrected chi connectivity index (χ4v) is 3.43. The van der Waals surface area contributed by atoms with Gasteiger partial charge in [-0.1, -0.05) is 19.1 Å². The standard InChI is InChI=1S/C14H21N3O3S/c1-3-14(18)17-10-8-16(9-11-17)12-6-4-5-7-13(12)21(19,20)15-2/h4-7,15H,3,8-11H2,1-2H3. The summed E-state index contributed by atoms with van der Waals surface area (Å²) in [6.07, 6.45) is 0.505. The third kappa shape index (κ3) is 3.36. The van der Waals surface area contributed by atoms with Crippen LogP contribution in [0.5, 0.6) is 0 Å². The monoisotopic (exact) mass is 311 g/mol. The highest BCUT2D eigenvalue weighted by molar-refractivity contribution is 7.89. The smallest absolute Gasteiger partial charge is 0.242 e. The molecule has 0 aromatic heterocycles. The quantitative estimate of drug-likeness (QED) is 0.886. The molecule has 0 atom stereocenters. The van der Waals surface area contributed by atoms with Crippen molar-refractivity contribution < 1.29 is 13.2 Å². The molecule has 0 saturated carbocycles. The number of benzene rings is 1. The van der Waals surface area contributed by atoms with E-state index < -0.39 is 10.0 Å². The molecule has 0 bridgehead atoms. The van der Waals surface area contributed by atoms with Crippen molar-refractivity contribution in [2.24, 2.45) is 0 Å². The Morgan fingerprint density at radius 3 is 2.38 bits per heavy atom. The summed E-state index contributed by atoms with van der Waals surface area (Å²) in [6.45, 7) is 4.38. The number of hydrogen-bond acceptors (Lipinski definition) is 4. The topological polar surface area (TPSA) is 69.7 Å². The average Bonchev–Trinajstić information content (AvgIpc) is 2.54. The minimum Gasteiger partial charge on any atom is -0.367 e. The molecule has 6 nitrogen and oxygen atoms in total. The van der Waals surface area contributed by atoms with E-state index in [2.05, 4.69) is 4.72 Å². The number of anilines is 1. The van der Waals surface area contributed by atoms with Crippen LogP contribution in [0.4, 0.5) is 5.69 Å². The predicted molar refractivity (Wildman–Crippen MR) is 81.8 cm³/mol. The third-order valence-electron chi connectivity index (χ3n) is 3.70. The number of rotatable bonds is 4. The SMILES string of the molecule is CCC(=O)N1CCN(c2ccccc2S(=O)(=O)NC)CC1. The van der Waals surface area contributed by atoms with Crippen molar-refractivity contribution in [1.29, 1.82) is 0 Å². The summed E-state index contributed by atoms with van der Waals surface area (Å²) >= 11 is 0. The summed E-state index contributed by atoms with van der Waals surface area (Å²) < 4.78 is 26.5. The summed E-state index contributed by atoms with van der Waals surface area (Å²) in [6, 6.07) is 6.95. The molecule has 0 aliphatic carbocycles. The largest absolute Gasteiger partial charge is 0.367 e. The van der Waals surface area contributed by atoms with E-state index in [0.29, 0.717) is 38.3 Å². The summed E-state index contributed by atoms with van der Waals surface area (Å²) in [7, 11) is -2.08. The molecule has 7 heteroatoms. The van der Waals surface area contributed by atoms with Gasteiger partial charge in [0, 0.05) is 32.6 Å². The van der Waals surface area contributed by atoms with E-state index in [1.54, 1.807) is 12.1 Å². The molecule has 0 spiro atoms. The first-order chi connectivity index (χ1) is 9.99. The molecule has 1 aromatic carbocycles. The molecule has 1 fully saturated rings. The minimum atomic E-state index is -3.48. The first kappa shape index (κ1) is 15.8. The number of amides is 1. The second-order valence-electron chi connectivity index (χ2n) is 4.90. The van der Waals surface area contributed by atoms with Gasteiger partial charge in [0.25, 0.3) is 0 Å². The zero-order chi connectivity index (χ0) is 15.5. The van der Waals surface area contributed by atoms with Gasteiger partial charge in [-0.25, -0.2) is 13.1 Å². The highest BCUT2D eigenvalue weighted by atomic mass is 32.2. The second-order valence-corrected chi connectivity index (χ2v) is 6.75. The average molecular weight is 311 g/mol. The van der Waals surface area contributed by atoms with Crippen LogP contribution in [-0.4, -0.2) is 52.5 Å². The lowest BCUT2D eigenvalue weighted by atomic mass is 10.2. The maximum atomic E-state index is 12.1. The molecule has 21 heavy (non-hydrogen) atoms. The zero-order valence-corrected chi connectivity index (χ0v) is 13.2. The van der Waals surface area contributed by atoms with E-state index >= 15 is 0 Å². The lowest BCUT2D eigenvalue weighted by Crippen LogP contribution is -2.49. The Morgan fingerprint density at radius 2 is 1.81 bits per heavy atom. The van der Waals surface area contributed by atoms with Crippen LogP contribution in [0, 0.1) is 0 Å². The van der Waals surface area contributed by atoms with Crippen molar-refractivity contribution in [2.75, 3.05) is 38.1 Å². The van der Waals surface area contributed by atoms with E-state index in [1.165, 1.54) is 7.05 Å². The molecule has 1 N–H and O–H groups in total. The number of carbonyl (C=O) groups is 1. The Morgan fingerprint density at radius 1 is 1.19 bits per heavy atom. The Kier molecular flexibility index (Phi) is 4.84. The van der Waals surface area contributed by atoms with Crippen LogP contribution in [0.15, 0.2) is 29.2 Å². The Bertz CT molecular complexity index is 608. The molecular formula is C14H21N3O3S. The molecule has 0 radical (unpaired) electrons. The van der Waals surface area contributed by atoms with Gasteiger partial charge in [-0.05, 0) is 19.2 Å². The maximum Gasteiger partial charge on any atom is 0.242 e. The number of carbonyl (C=O) groups excluding carboxylic acids is 1. The normalized spacial score (nSPS) is 16.1. The van der Waals surface area contributed by atoms with Crippen LogP contribution >= 0.6 is 0 Å². The van der Waals surface area contributed by atoms with Gasteiger partial charge in [0.15, 0.2) is 0 Å². The van der Waals surface area contributed by atoms with Crippen LogP contribution in [0.3, 0.4) is 0 Å². The van der Waals surface area contributed by atoms with Crippen molar-refractivity contribution in [2.45, 2.75) is 18.2 Å². The molecular weight excluding hydrogens is 290 g/mol. The second kappa shape index (κ2) is 6.44. The van der Waals surface area contributed by atoms with Crippen LogP contribution in [-0.2, 0) is 14.8 Å². The van der Waals surface area contributed by atoms with Crippen molar-refractivity contribution in [1.82, 2.24) is 9.62 Å². The minimum absolute atomic E-state index is 0.144. The Labute approximate surface area is 125 Å². The summed E-state index contributed by atoms with van der Waals surface area (Å²) in [5.74, 6) is 0.144. The van der Waals surface area contributed by atoms with Gasteiger partial charge in [0.2, 0.25) is 15.9 Å². The molecule has 1 aliphatic rings. The van der Waals surface area contributed by atoms with Crippen LogP contribution in [0.2, 0.25) is 0 Å². The molecule has 1 saturated heterocycles. The van der Waals surface area contributed by atoms with Gasteiger partial charge in [0.05, 0.1) is 5.69 Å². The number of nitrogens with one attached hydrogen (secondary N) is 1. The van der Waals surface area contributed by atoms with E-state index in [-0.39, 0.29) is 10.8 Å². The van der Waals surface area contributed by atoms with E-state index in [1.807, 2.05) is 28.9 Å². The molecule has 0 unspecified atom stereocenters.